The van der Waals surface area contributed by atoms with E-state index in [1.165, 1.54) is 0 Å². The fourth-order valence-corrected chi connectivity index (χ4v) is 2.80. The second-order valence-corrected chi connectivity index (χ2v) is 5.74. The van der Waals surface area contributed by atoms with Gasteiger partial charge in [-0.25, -0.2) is 0 Å². The molecule has 1 saturated heterocycles. The molecule has 1 aliphatic rings. The molecule has 1 amide bonds. The molecule has 19 heavy (non-hydrogen) atoms. The van der Waals surface area contributed by atoms with E-state index < -0.39 is 0 Å². The van der Waals surface area contributed by atoms with Crippen LogP contribution in [0.25, 0.3) is 0 Å². The van der Waals surface area contributed by atoms with Crippen LogP contribution < -0.4 is 0 Å². The van der Waals surface area contributed by atoms with Gasteiger partial charge in [-0.1, -0.05) is 11.3 Å². The Hall–Kier alpha value is -1.21. The van der Waals surface area contributed by atoms with Gasteiger partial charge in [0.15, 0.2) is 0 Å². The van der Waals surface area contributed by atoms with Crippen LogP contribution in [0.2, 0.25) is 4.47 Å². The van der Waals surface area contributed by atoms with Crippen molar-refractivity contribution in [3.63, 3.8) is 0 Å². The highest BCUT2D eigenvalue weighted by molar-refractivity contribution is 7.17. The Morgan fingerprint density at radius 2 is 2.11 bits per heavy atom. The lowest BCUT2D eigenvalue weighted by Crippen LogP contribution is -2.40. The fourth-order valence-electron chi connectivity index (χ4n) is 2.01. The highest BCUT2D eigenvalue weighted by Crippen LogP contribution is 2.22. The number of piperidine rings is 1. The Kier molecular flexibility index (Phi) is 4.71. The topological polar surface area (TPSA) is 72.4 Å². The van der Waals surface area contributed by atoms with Gasteiger partial charge >= 0.3 is 5.97 Å². The number of carbonyl (C=O) groups excluding carboxylic acids is 2. The van der Waals surface area contributed by atoms with Gasteiger partial charge in [0.25, 0.3) is 5.91 Å². The van der Waals surface area contributed by atoms with Gasteiger partial charge in [0, 0.05) is 13.1 Å². The highest BCUT2D eigenvalue weighted by Gasteiger charge is 2.29. The van der Waals surface area contributed by atoms with Crippen molar-refractivity contribution in [2.24, 2.45) is 5.92 Å². The number of esters is 1. The van der Waals surface area contributed by atoms with E-state index in [4.69, 9.17) is 16.3 Å². The Bertz CT molecular complexity index is 472. The summed E-state index contributed by atoms with van der Waals surface area (Å²) in [5, 5.41) is 7.63. The minimum absolute atomic E-state index is 0.109. The molecule has 6 nitrogen and oxygen atoms in total. The summed E-state index contributed by atoms with van der Waals surface area (Å²) in [5.74, 6) is -0.456. The van der Waals surface area contributed by atoms with Crippen molar-refractivity contribution in [3.05, 3.63) is 9.47 Å². The minimum Gasteiger partial charge on any atom is -0.466 e. The summed E-state index contributed by atoms with van der Waals surface area (Å²) in [4.78, 5) is 25.3. The van der Waals surface area contributed by atoms with Gasteiger partial charge in [-0.15, -0.1) is 10.2 Å². The number of halogens is 1. The van der Waals surface area contributed by atoms with Crippen molar-refractivity contribution in [3.8, 4) is 0 Å². The molecule has 1 aromatic rings. The standard InChI is InChI=1S/C11H14ClN3O3S/c1-2-18-10(17)7-3-5-15(6-4-7)9(16)8-13-14-11(12)19-8/h7H,2-6H2,1H3. The Balaban J connectivity index is 1.89. The Morgan fingerprint density at radius 3 is 2.63 bits per heavy atom. The van der Waals surface area contributed by atoms with Crippen LogP contribution in [0.5, 0.6) is 0 Å². The summed E-state index contributed by atoms with van der Waals surface area (Å²) < 4.78 is 5.24. The maximum Gasteiger partial charge on any atom is 0.309 e. The molecule has 1 aromatic heterocycles. The number of rotatable bonds is 3. The molecule has 0 aromatic carbocycles. The Morgan fingerprint density at radius 1 is 1.42 bits per heavy atom. The minimum atomic E-state index is -0.174. The first kappa shape index (κ1) is 14.2. The van der Waals surface area contributed by atoms with Crippen LogP contribution in [0.3, 0.4) is 0 Å². The lowest BCUT2D eigenvalue weighted by Gasteiger charge is -2.30. The first-order valence-electron chi connectivity index (χ1n) is 6.06. The summed E-state index contributed by atoms with van der Waals surface area (Å²) in [6, 6.07) is 0. The summed E-state index contributed by atoms with van der Waals surface area (Å²) in [6.07, 6.45) is 1.24. The maximum atomic E-state index is 12.1. The Labute approximate surface area is 119 Å². The van der Waals surface area contributed by atoms with Crippen molar-refractivity contribution in [2.45, 2.75) is 19.8 Å². The molecule has 2 heterocycles. The molecule has 8 heteroatoms. The van der Waals surface area contributed by atoms with Crippen LogP contribution in [0.15, 0.2) is 0 Å². The first-order valence-corrected chi connectivity index (χ1v) is 7.26. The zero-order chi connectivity index (χ0) is 13.8. The normalized spacial score (nSPS) is 16.4. The molecule has 1 aliphatic heterocycles. The molecule has 1 fully saturated rings. The van der Waals surface area contributed by atoms with E-state index in [2.05, 4.69) is 10.2 Å². The number of nitrogens with zero attached hydrogens (tertiary/aromatic N) is 3. The first-order chi connectivity index (χ1) is 9.11. The zero-order valence-corrected chi connectivity index (χ0v) is 12.0. The molecule has 0 unspecified atom stereocenters. The van der Waals surface area contributed by atoms with Crippen LogP contribution in [-0.4, -0.2) is 46.7 Å². The third kappa shape index (κ3) is 3.42. The summed E-state index contributed by atoms with van der Waals surface area (Å²) in [5.41, 5.74) is 0. The molecule has 0 saturated carbocycles. The number of carbonyl (C=O) groups is 2. The fraction of sp³-hybridized carbons (Fsp3) is 0.636. The van der Waals surface area contributed by atoms with Crippen molar-refractivity contribution in [1.29, 1.82) is 0 Å². The van der Waals surface area contributed by atoms with Crippen LogP contribution in [0, 0.1) is 5.92 Å². The molecule has 0 bridgehead atoms. The predicted octanol–water partition coefficient (Wildman–Crippen LogP) is 1.61. The number of amides is 1. The van der Waals surface area contributed by atoms with Gasteiger partial charge < -0.3 is 9.64 Å². The van der Waals surface area contributed by atoms with Crippen molar-refractivity contribution >= 4 is 34.8 Å². The number of ether oxygens (including phenoxy) is 1. The van der Waals surface area contributed by atoms with Crippen molar-refractivity contribution in [1.82, 2.24) is 15.1 Å². The van der Waals surface area contributed by atoms with E-state index in [1.54, 1.807) is 11.8 Å². The van der Waals surface area contributed by atoms with Gasteiger partial charge in [-0.3, -0.25) is 9.59 Å². The van der Waals surface area contributed by atoms with Crippen molar-refractivity contribution in [2.75, 3.05) is 19.7 Å². The SMILES string of the molecule is CCOC(=O)C1CCN(C(=O)c2nnc(Cl)s2)CC1. The zero-order valence-electron chi connectivity index (χ0n) is 10.5. The van der Waals surface area contributed by atoms with Crippen LogP contribution >= 0.6 is 22.9 Å². The van der Waals surface area contributed by atoms with Crippen LogP contribution in [0.4, 0.5) is 0 Å². The summed E-state index contributed by atoms with van der Waals surface area (Å²) >= 11 is 6.72. The molecule has 0 aliphatic carbocycles. The smallest absolute Gasteiger partial charge is 0.309 e. The number of likely N-dealkylation sites (tertiary alicyclic amines) is 1. The third-order valence-corrected chi connectivity index (χ3v) is 3.99. The van der Waals surface area contributed by atoms with E-state index >= 15 is 0 Å². The van der Waals surface area contributed by atoms with Crippen LogP contribution in [-0.2, 0) is 9.53 Å². The largest absolute Gasteiger partial charge is 0.466 e. The monoisotopic (exact) mass is 303 g/mol. The maximum absolute atomic E-state index is 12.1. The van der Waals surface area contributed by atoms with E-state index in [-0.39, 0.29) is 22.3 Å². The van der Waals surface area contributed by atoms with Gasteiger partial charge in [-0.2, -0.15) is 0 Å². The molecule has 104 valence electrons. The van der Waals surface area contributed by atoms with E-state index in [0.717, 1.165) is 11.3 Å². The second kappa shape index (κ2) is 6.29. The molecule has 0 N–H and O–H groups in total. The molecular formula is C11H14ClN3O3S. The average molecular weight is 304 g/mol. The van der Waals surface area contributed by atoms with Gasteiger partial charge in [0.1, 0.15) is 0 Å². The third-order valence-electron chi connectivity index (χ3n) is 2.99. The quantitative estimate of drug-likeness (QED) is 0.793. The average Bonchev–Trinajstić information content (AvgIpc) is 2.85. The molecule has 0 radical (unpaired) electrons. The van der Waals surface area contributed by atoms with Crippen molar-refractivity contribution < 1.29 is 14.3 Å². The second-order valence-electron chi connectivity index (χ2n) is 4.18. The van der Waals surface area contributed by atoms with Gasteiger partial charge in [-0.05, 0) is 31.4 Å². The predicted molar refractivity (Wildman–Crippen MR) is 70.2 cm³/mol. The van der Waals surface area contributed by atoms with Gasteiger partial charge in [0.05, 0.1) is 12.5 Å². The molecular weight excluding hydrogens is 290 g/mol. The number of aromatic nitrogens is 2. The summed E-state index contributed by atoms with van der Waals surface area (Å²) in [7, 11) is 0. The molecule has 2 rings (SSSR count). The van der Waals surface area contributed by atoms with Gasteiger partial charge in [0.2, 0.25) is 9.47 Å². The van der Waals surface area contributed by atoms with Crippen LogP contribution in [0.1, 0.15) is 29.6 Å². The number of hydrogen-bond acceptors (Lipinski definition) is 6. The lowest BCUT2D eigenvalue weighted by molar-refractivity contribution is -0.149. The van der Waals surface area contributed by atoms with E-state index in [1.807, 2.05) is 0 Å². The van der Waals surface area contributed by atoms with E-state index in [9.17, 15) is 9.59 Å². The lowest BCUT2D eigenvalue weighted by atomic mass is 9.97. The molecule has 0 atom stereocenters. The van der Waals surface area contributed by atoms with E-state index in [0.29, 0.717) is 37.5 Å². The molecule has 0 spiro atoms. The highest BCUT2D eigenvalue weighted by atomic mass is 35.5. The summed E-state index contributed by atoms with van der Waals surface area (Å²) in [6.45, 7) is 3.23. The number of hydrogen-bond donors (Lipinski definition) is 0.